The van der Waals surface area contributed by atoms with E-state index >= 15 is 0 Å². The number of hydrogen-bond acceptors (Lipinski definition) is 8. The van der Waals surface area contributed by atoms with Crippen LogP contribution in [-0.4, -0.2) is 47.1 Å². The van der Waals surface area contributed by atoms with Gasteiger partial charge in [0.2, 0.25) is 11.9 Å². The highest BCUT2D eigenvalue weighted by atomic mass is 35.5. The van der Waals surface area contributed by atoms with Crippen LogP contribution in [0.4, 0.5) is 11.6 Å². The van der Waals surface area contributed by atoms with Crippen molar-refractivity contribution in [3.63, 3.8) is 0 Å². The Kier molecular flexibility index (Phi) is 7.97. The van der Waals surface area contributed by atoms with Crippen LogP contribution in [0.25, 0.3) is 11.0 Å². The van der Waals surface area contributed by atoms with Crippen molar-refractivity contribution in [3.05, 3.63) is 60.4 Å². The van der Waals surface area contributed by atoms with E-state index in [4.69, 9.17) is 4.74 Å². The average Bonchev–Trinajstić information content (AvgIpc) is 3.20. The van der Waals surface area contributed by atoms with Gasteiger partial charge in [-0.3, -0.25) is 4.79 Å². The number of fused-ring (bicyclic) bond motifs is 1. The molecule has 34 heavy (non-hydrogen) atoms. The van der Waals surface area contributed by atoms with Crippen molar-refractivity contribution in [1.82, 2.24) is 19.9 Å². The van der Waals surface area contributed by atoms with Gasteiger partial charge in [-0.05, 0) is 49.4 Å². The molecule has 1 amide bonds. The number of thioether (sulfide) groups is 1. The van der Waals surface area contributed by atoms with E-state index < -0.39 is 10.0 Å². The molecule has 4 rings (SSSR count). The van der Waals surface area contributed by atoms with Crippen molar-refractivity contribution in [3.8, 4) is 5.75 Å². The number of ether oxygens (including phenoxy) is 1. The molecule has 2 aromatic carbocycles. The van der Waals surface area contributed by atoms with Crippen LogP contribution in [-0.2, 0) is 14.8 Å². The molecular formula is C21H21ClN6O4S2. The zero-order valence-corrected chi connectivity index (χ0v) is 20.6. The summed E-state index contributed by atoms with van der Waals surface area (Å²) in [5.41, 5.74) is 2.71. The van der Waals surface area contributed by atoms with Crippen LogP contribution in [0.2, 0.25) is 0 Å². The zero-order valence-electron chi connectivity index (χ0n) is 18.1. The van der Waals surface area contributed by atoms with E-state index in [0.29, 0.717) is 22.3 Å². The molecule has 10 nitrogen and oxygen atoms in total. The summed E-state index contributed by atoms with van der Waals surface area (Å²) >= 11 is 1.26. The largest absolute Gasteiger partial charge is 0.497 e. The third-order valence-electron chi connectivity index (χ3n) is 4.48. The van der Waals surface area contributed by atoms with E-state index in [0.717, 1.165) is 11.0 Å². The first kappa shape index (κ1) is 25.3. The first-order chi connectivity index (χ1) is 15.8. The van der Waals surface area contributed by atoms with Crippen LogP contribution in [0, 0.1) is 6.92 Å². The number of halogens is 1. The summed E-state index contributed by atoms with van der Waals surface area (Å²) in [6.45, 7) is 1.74. The standard InChI is InChI=1S/C21H20N6O4S2.ClH/c1-13-9-10-22-20(23-13)27-33(29,30)16-6-3-14(4-7-16)24-19(28)12-32-21-25-17-8-5-15(31-2)11-18(17)26-21;/h3-11H,12H2,1-2H3,(H,24,28)(H,25,26)(H,22,23,27);1H. The summed E-state index contributed by atoms with van der Waals surface area (Å²) in [4.78, 5) is 27.9. The van der Waals surface area contributed by atoms with Crippen molar-refractivity contribution in [2.24, 2.45) is 0 Å². The van der Waals surface area contributed by atoms with Gasteiger partial charge < -0.3 is 15.0 Å². The van der Waals surface area contributed by atoms with Gasteiger partial charge in [0, 0.05) is 23.6 Å². The Morgan fingerprint density at radius 2 is 1.88 bits per heavy atom. The number of H-pyrrole nitrogens is 1. The maximum Gasteiger partial charge on any atom is 0.264 e. The second-order valence-electron chi connectivity index (χ2n) is 6.91. The number of aryl methyl sites for hydroxylation is 1. The minimum absolute atomic E-state index is 0. The number of hydrogen-bond donors (Lipinski definition) is 3. The normalized spacial score (nSPS) is 11.0. The molecule has 0 radical (unpaired) electrons. The number of aromatic amines is 1. The monoisotopic (exact) mass is 520 g/mol. The Morgan fingerprint density at radius 3 is 2.59 bits per heavy atom. The second-order valence-corrected chi connectivity index (χ2v) is 9.56. The summed E-state index contributed by atoms with van der Waals surface area (Å²) in [6, 6.07) is 13.0. The third kappa shape index (κ3) is 6.16. The highest BCUT2D eigenvalue weighted by Crippen LogP contribution is 2.23. The molecule has 2 heterocycles. The van der Waals surface area contributed by atoms with Gasteiger partial charge in [-0.25, -0.2) is 28.1 Å². The Morgan fingerprint density at radius 1 is 1.12 bits per heavy atom. The van der Waals surface area contributed by atoms with E-state index in [2.05, 4.69) is 30.0 Å². The van der Waals surface area contributed by atoms with Gasteiger partial charge >= 0.3 is 0 Å². The van der Waals surface area contributed by atoms with Gasteiger partial charge in [0.1, 0.15) is 5.75 Å². The van der Waals surface area contributed by atoms with E-state index in [1.807, 2.05) is 18.2 Å². The first-order valence-corrected chi connectivity index (χ1v) is 12.2. The molecule has 0 aliphatic carbocycles. The van der Waals surface area contributed by atoms with Crippen LogP contribution < -0.4 is 14.8 Å². The molecule has 0 spiro atoms. The van der Waals surface area contributed by atoms with E-state index in [9.17, 15) is 13.2 Å². The highest BCUT2D eigenvalue weighted by molar-refractivity contribution is 7.99. The molecule has 2 aromatic heterocycles. The molecule has 0 bridgehead atoms. The summed E-state index contributed by atoms with van der Waals surface area (Å²) < 4.78 is 32.6. The lowest BCUT2D eigenvalue weighted by Crippen LogP contribution is -2.16. The van der Waals surface area contributed by atoms with Gasteiger partial charge in [-0.2, -0.15) is 0 Å². The molecule has 0 atom stereocenters. The zero-order chi connectivity index (χ0) is 23.4. The van der Waals surface area contributed by atoms with E-state index in [-0.39, 0.29) is 34.9 Å². The smallest absolute Gasteiger partial charge is 0.264 e. The lowest BCUT2D eigenvalue weighted by molar-refractivity contribution is -0.113. The number of carbonyl (C=O) groups excluding carboxylic acids is 1. The SMILES string of the molecule is COc1ccc2nc(SCC(=O)Nc3ccc(S(=O)(=O)Nc4nccc(C)n4)cc3)[nH]c2c1.Cl. The number of imidazole rings is 1. The van der Waals surface area contributed by atoms with Gasteiger partial charge in [0.25, 0.3) is 10.0 Å². The Hall–Kier alpha value is -3.35. The number of nitrogens with zero attached hydrogens (tertiary/aromatic N) is 3. The maximum atomic E-state index is 12.5. The average molecular weight is 521 g/mol. The van der Waals surface area contributed by atoms with Crippen molar-refractivity contribution in [2.75, 3.05) is 22.9 Å². The van der Waals surface area contributed by atoms with Crippen LogP contribution >= 0.6 is 24.2 Å². The summed E-state index contributed by atoms with van der Waals surface area (Å²) in [6.07, 6.45) is 1.47. The Labute approximate surface area is 206 Å². The first-order valence-electron chi connectivity index (χ1n) is 9.71. The Balaban J connectivity index is 0.00000324. The fraction of sp³-hybridized carbons (Fsp3) is 0.143. The minimum Gasteiger partial charge on any atom is -0.497 e. The molecule has 0 aliphatic heterocycles. The molecule has 0 aliphatic rings. The molecule has 0 saturated carbocycles. The number of nitrogens with one attached hydrogen (secondary N) is 3. The quantitative estimate of drug-likeness (QED) is 0.299. The van der Waals surface area contributed by atoms with Gasteiger partial charge in [-0.1, -0.05) is 11.8 Å². The van der Waals surface area contributed by atoms with Crippen LogP contribution in [0.1, 0.15) is 5.69 Å². The van der Waals surface area contributed by atoms with E-state index in [1.54, 1.807) is 20.1 Å². The predicted octanol–water partition coefficient (Wildman–Crippen LogP) is 3.62. The molecule has 13 heteroatoms. The van der Waals surface area contributed by atoms with Crippen LogP contribution in [0.5, 0.6) is 5.75 Å². The topological polar surface area (TPSA) is 139 Å². The number of benzene rings is 2. The lowest BCUT2D eigenvalue weighted by atomic mass is 10.3. The molecular weight excluding hydrogens is 500 g/mol. The van der Waals surface area contributed by atoms with Gasteiger partial charge in [0.05, 0.1) is 28.8 Å². The summed E-state index contributed by atoms with van der Waals surface area (Å²) in [5.74, 6) is 0.587. The highest BCUT2D eigenvalue weighted by Gasteiger charge is 2.16. The van der Waals surface area contributed by atoms with Crippen molar-refractivity contribution in [2.45, 2.75) is 17.0 Å². The van der Waals surface area contributed by atoms with Crippen LogP contribution in [0.15, 0.2) is 64.8 Å². The minimum atomic E-state index is -3.85. The molecule has 0 unspecified atom stereocenters. The molecule has 178 valence electrons. The molecule has 3 N–H and O–H groups in total. The fourth-order valence-corrected chi connectivity index (χ4v) is 4.52. The number of sulfonamides is 1. The second kappa shape index (κ2) is 10.7. The predicted molar refractivity (Wildman–Crippen MR) is 133 cm³/mol. The third-order valence-corrected chi connectivity index (χ3v) is 6.69. The fourth-order valence-electron chi connectivity index (χ4n) is 2.89. The van der Waals surface area contributed by atoms with Gasteiger partial charge in [-0.15, -0.1) is 12.4 Å². The van der Waals surface area contributed by atoms with Crippen molar-refractivity contribution >= 4 is 62.8 Å². The number of aromatic nitrogens is 4. The number of rotatable bonds is 8. The number of amides is 1. The van der Waals surface area contributed by atoms with Gasteiger partial charge in [0.15, 0.2) is 5.16 Å². The number of anilines is 2. The number of methoxy groups -OCH3 is 1. The maximum absolute atomic E-state index is 12.5. The Bertz CT molecular complexity index is 1410. The lowest BCUT2D eigenvalue weighted by Gasteiger charge is -2.08. The molecule has 0 fully saturated rings. The van der Waals surface area contributed by atoms with Crippen molar-refractivity contribution in [1.29, 1.82) is 0 Å². The van der Waals surface area contributed by atoms with Crippen LogP contribution in [0.3, 0.4) is 0 Å². The summed E-state index contributed by atoms with van der Waals surface area (Å²) in [5, 5.41) is 3.35. The van der Waals surface area contributed by atoms with Crippen molar-refractivity contribution < 1.29 is 17.9 Å². The molecule has 4 aromatic rings. The number of carbonyl (C=O) groups is 1. The molecule has 0 saturated heterocycles. The van der Waals surface area contributed by atoms with E-state index in [1.165, 1.54) is 42.2 Å². The summed E-state index contributed by atoms with van der Waals surface area (Å²) in [7, 11) is -2.26.